The van der Waals surface area contributed by atoms with Crippen molar-refractivity contribution in [3.63, 3.8) is 0 Å². The molecule has 0 saturated carbocycles. The van der Waals surface area contributed by atoms with Crippen molar-refractivity contribution in [1.82, 2.24) is 28.8 Å². The SMILES string of the molecule is CSN1CCC(Nc2ncc(C(F)(F)F)c(-c3cn(-c4cccc(-c5ccnc(N)c5)c4Cl)cn3)n2)CC1. The maximum Gasteiger partial charge on any atom is 0.420 e. The minimum Gasteiger partial charge on any atom is -0.384 e. The second kappa shape index (κ2) is 10.8. The third kappa shape index (κ3) is 5.57. The van der Waals surface area contributed by atoms with Gasteiger partial charge in [0.1, 0.15) is 29.1 Å². The Hall–Kier alpha value is -3.35. The number of hydrogen-bond donors (Lipinski definition) is 2. The van der Waals surface area contributed by atoms with Crippen molar-refractivity contribution < 1.29 is 13.2 Å². The van der Waals surface area contributed by atoms with Crippen LogP contribution in [0.1, 0.15) is 18.4 Å². The summed E-state index contributed by atoms with van der Waals surface area (Å²) in [4.78, 5) is 16.5. The molecule has 1 aromatic carbocycles. The second-order valence-electron chi connectivity index (χ2n) is 8.76. The van der Waals surface area contributed by atoms with Crippen molar-refractivity contribution in [1.29, 1.82) is 0 Å². The number of nitrogens with one attached hydrogen (secondary N) is 1. The first-order valence-corrected chi connectivity index (χ1v) is 13.3. The summed E-state index contributed by atoms with van der Waals surface area (Å²) in [6.07, 6.45) is 4.33. The summed E-state index contributed by atoms with van der Waals surface area (Å²) in [7, 11) is 0. The Labute approximate surface area is 226 Å². The van der Waals surface area contributed by atoms with Gasteiger partial charge < -0.3 is 15.6 Å². The van der Waals surface area contributed by atoms with Crippen LogP contribution in [0.3, 0.4) is 0 Å². The van der Waals surface area contributed by atoms with Gasteiger partial charge >= 0.3 is 6.18 Å². The maximum absolute atomic E-state index is 13.9. The average molecular weight is 561 g/mol. The van der Waals surface area contributed by atoms with Crippen LogP contribution in [-0.4, -0.2) is 54.2 Å². The first kappa shape index (κ1) is 26.3. The highest BCUT2D eigenvalue weighted by atomic mass is 35.5. The fourth-order valence-electron chi connectivity index (χ4n) is 4.35. The van der Waals surface area contributed by atoms with Crippen LogP contribution in [0.25, 0.3) is 28.2 Å². The molecule has 1 saturated heterocycles. The van der Waals surface area contributed by atoms with Crippen molar-refractivity contribution in [3.05, 3.63) is 65.8 Å². The predicted octanol–water partition coefficient (Wildman–Crippen LogP) is 5.80. The number of benzene rings is 1. The number of hydrogen-bond acceptors (Lipinski definition) is 8. The van der Waals surface area contributed by atoms with E-state index < -0.39 is 11.7 Å². The molecule has 5 rings (SSSR count). The fraction of sp³-hybridized carbons (Fsp3) is 0.280. The molecule has 0 unspecified atom stereocenters. The smallest absolute Gasteiger partial charge is 0.384 e. The standard InChI is InChI=1S/C25H24ClF3N8S/c1-38-37-9-6-16(7-10-37)34-24-32-12-18(25(27,28)29)23(35-24)19-13-36(14-33-19)20-4-2-3-17(22(20)26)15-5-8-31-21(30)11-15/h2-5,8,11-14,16H,6-7,9-10H2,1H3,(H2,30,31)(H,32,34,35). The Morgan fingerprint density at radius 3 is 2.63 bits per heavy atom. The van der Waals surface area contributed by atoms with Gasteiger partial charge in [-0.2, -0.15) is 13.2 Å². The van der Waals surface area contributed by atoms with Crippen molar-refractivity contribution in [2.75, 3.05) is 30.4 Å². The molecular formula is C25H24ClF3N8S. The number of pyridine rings is 1. The van der Waals surface area contributed by atoms with Crippen LogP contribution in [0.2, 0.25) is 5.02 Å². The monoisotopic (exact) mass is 560 g/mol. The van der Waals surface area contributed by atoms with E-state index in [2.05, 4.69) is 29.6 Å². The highest BCUT2D eigenvalue weighted by molar-refractivity contribution is 7.96. The first-order valence-electron chi connectivity index (χ1n) is 11.8. The van der Waals surface area contributed by atoms with Gasteiger partial charge in [0, 0.05) is 43.3 Å². The third-order valence-electron chi connectivity index (χ3n) is 6.31. The molecular weight excluding hydrogens is 537 g/mol. The van der Waals surface area contributed by atoms with Crippen LogP contribution in [0.4, 0.5) is 24.9 Å². The van der Waals surface area contributed by atoms with Gasteiger partial charge in [-0.05, 0) is 42.9 Å². The van der Waals surface area contributed by atoms with Crippen LogP contribution in [0, 0.1) is 0 Å². The van der Waals surface area contributed by atoms with Crippen molar-refractivity contribution in [2.45, 2.75) is 25.1 Å². The Balaban J connectivity index is 1.47. The minimum atomic E-state index is -4.65. The van der Waals surface area contributed by atoms with E-state index in [9.17, 15) is 13.2 Å². The average Bonchev–Trinajstić information content (AvgIpc) is 3.39. The number of nitrogens with two attached hydrogens (primary N) is 1. The summed E-state index contributed by atoms with van der Waals surface area (Å²) >= 11 is 8.39. The Morgan fingerprint density at radius 1 is 1.13 bits per heavy atom. The summed E-state index contributed by atoms with van der Waals surface area (Å²) in [6, 6.07) is 8.91. The van der Waals surface area contributed by atoms with Crippen molar-refractivity contribution in [3.8, 4) is 28.2 Å². The van der Waals surface area contributed by atoms with Gasteiger partial charge in [-0.3, -0.25) is 4.31 Å². The van der Waals surface area contributed by atoms with E-state index in [4.69, 9.17) is 17.3 Å². The molecule has 0 radical (unpaired) electrons. The Bertz CT molecular complexity index is 1440. The summed E-state index contributed by atoms with van der Waals surface area (Å²) in [5.41, 5.74) is 6.61. The predicted molar refractivity (Wildman–Crippen MR) is 144 cm³/mol. The van der Waals surface area contributed by atoms with Gasteiger partial charge in [0.05, 0.1) is 10.7 Å². The highest BCUT2D eigenvalue weighted by Gasteiger charge is 2.36. The number of rotatable bonds is 6. The molecule has 1 aliphatic rings. The zero-order valence-electron chi connectivity index (χ0n) is 20.3. The number of halogens is 4. The molecule has 4 aromatic rings. The molecule has 4 heterocycles. The molecule has 0 bridgehead atoms. The second-order valence-corrected chi connectivity index (χ2v) is 10.0. The van der Waals surface area contributed by atoms with Crippen LogP contribution in [0.5, 0.6) is 0 Å². The van der Waals surface area contributed by atoms with Crippen LogP contribution >= 0.6 is 23.5 Å². The maximum atomic E-state index is 13.9. The minimum absolute atomic E-state index is 0.0506. The lowest BCUT2D eigenvalue weighted by atomic mass is 10.1. The van der Waals surface area contributed by atoms with E-state index in [-0.39, 0.29) is 23.4 Å². The van der Waals surface area contributed by atoms with E-state index in [0.717, 1.165) is 37.7 Å². The molecule has 3 aromatic heterocycles. The van der Waals surface area contributed by atoms with E-state index in [1.54, 1.807) is 47.0 Å². The fourth-order valence-corrected chi connectivity index (χ4v) is 5.26. The van der Waals surface area contributed by atoms with Gasteiger partial charge in [0.25, 0.3) is 0 Å². The van der Waals surface area contributed by atoms with E-state index in [1.807, 2.05) is 12.3 Å². The lowest BCUT2D eigenvalue weighted by Crippen LogP contribution is -2.35. The zero-order chi connectivity index (χ0) is 26.9. The largest absolute Gasteiger partial charge is 0.420 e. The molecule has 198 valence electrons. The summed E-state index contributed by atoms with van der Waals surface area (Å²) < 4.78 is 45.5. The normalized spacial score (nSPS) is 15.1. The van der Waals surface area contributed by atoms with Gasteiger partial charge in [-0.1, -0.05) is 35.7 Å². The molecule has 1 aliphatic heterocycles. The molecule has 0 spiro atoms. The Morgan fingerprint density at radius 2 is 1.92 bits per heavy atom. The van der Waals surface area contributed by atoms with Crippen LogP contribution in [0.15, 0.2) is 55.2 Å². The van der Waals surface area contributed by atoms with E-state index in [1.165, 1.54) is 12.5 Å². The number of nitrogens with zero attached hydrogens (tertiary/aromatic N) is 6. The lowest BCUT2D eigenvalue weighted by Gasteiger charge is -2.30. The topological polar surface area (TPSA) is 97.8 Å². The number of piperidine rings is 1. The number of alkyl halides is 3. The van der Waals surface area contributed by atoms with Gasteiger partial charge in [-0.15, -0.1) is 0 Å². The van der Waals surface area contributed by atoms with Gasteiger partial charge in [0.2, 0.25) is 5.95 Å². The highest BCUT2D eigenvalue weighted by Crippen LogP contribution is 2.37. The van der Waals surface area contributed by atoms with Gasteiger partial charge in [0.15, 0.2) is 0 Å². The number of nitrogen functional groups attached to an aromatic ring is 1. The number of imidazole rings is 1. The van der Waals surface area contributed by atoms with Crippen molar-refractivity contribution in [2.24, 2.45) is 0 Å². The molecule has 1 fully saturated rings. The summed E-state index contributed by atoms with van der Waals surface area (Å²) in [5.74, 6) is 0.483. The number of aromatic nitrogens is 5. The first-order chi connectivity index (χ1) is 18.2. The van der Waals surface area contributed by atoms with E-state index in [0.29, 0.717) is 22.1 Å². The molecule has 0 atom stereocenters. The quantitative estimate of drug-likeness (QED) is 0.286. The van der Waals surface area contributed by atoms with E-state index >= 15 is 0 Å². The van der Waals surface area contributed by atoms with Gasteiger partial charge in [-0.25, -0.2) is 19.9 Å². The van der Waals surface area contributed by atoms with Crippen molar-refractivity contribution >= 4 is 35.3 Å². The summed E-state index contributed by atoms with van der Waals surface area (Å²) in [6.45, 7) is 1.76. The molecule has 13 heteroatoms. The number of anilines is 2. The summed E-state index contributed by atoms with van der Waals surface area (Å²) in [5, 5.41) is 3.58. The zero-order valence-corrected chi connectivity index (χ0v) is 21.9. The molecule has 0 aliphatic carbocycles. The van der Waals surface area contributed by atoms with Crippen LogP contribution in [-0.2, 0) is 6.18 Å². The molecule has 8 nitrogen and oxygen atoms in total. The Kier molecular flexibility index (Phi) is 7.46. The van der Waals surface area contributed by atoms with Crippen LogP contribution < -0.4 is 11.1 Å². The lowest BCUT2D eigenvalue weighted by molar-refractivity contribution is -0.137. The molecule has 3 N–H and O–H groups in total. The molecule has 0 amide bonds. The molecule has 38 heavy (non-hydrogen) atoms. The third-order valence-corrected chi connectivity index (χ3v) is 7.59.